The van der Waals surface area contributed by atoms with Gasteiger partial charge in [0.15, 0.2) is 0 Å². The summed E-state index contributed by atoms with van der Waals surface area (Å²) in [5.41, 5.74) is 3.97. The van der Waals surface area contributed by atoms with Crippen LogP contribution in [0.1, 0.15) is 36.0 Å². The molecule has 1 aromatic rings. The van der Waals surface area contributed by atoms with E-state index in [2.05, 4.69) is 36.9 Å². The van der Waals surface area contributed by atoms with Gasteiger partial charge in [0.05, 0.1) is 6.42 Å². The maximum atomic E-state index is 10.8. The van der Waals surface area contributed by atoms with E-state index in [9.17, 15) is 4.79 Å². The zero-order chi connectivity index (χ0) is 13.1. The Morgan fingerprint density at radius 2 is 2.22 bits per heavy atom. The summed E-state index contributed by atoms with van der Waals surface area (Å²) >= 11 is 0. The Kier molecular flexibility index (Phi) is 4.02. The zero-order valence-corrected chi connectivity index (χ0v) is 11.1. The lowest BCUT2D eigenvalue weighted by Gasteiger charge is -2.24. The van der Waals surface area contributed by atoms with Crippen molar-refractivity contribution >= 4 is 5.97 Å². The van der Waals surface area contributed by atoms with Crippen molar-refractivity contribution in [3.05, 3.63) is 34.9 Å². The van der Waals surface area contributed by atoms with Crippen LogP contribution < -0.4 is 0 Å². The largest absolute Gasteiger partial charge is 0.481 e. The molecular formula is C15H21NO2. The lowest BCUT2D eigenvalue weighted by molar-refractivity contribution is -0.138. The maximum Gasteiger partial charge on any atom is 0.304 e. The summed E-state index contributed by atoms with van der Waals surface area (Å²) in [5, 5.41) is 8.93. The van der Waals surface area contributed by atoms with Crippen LogP contribution in [-0.4, -0.2) is 28.6 Å². The lowest BCUT2D eigenvalue weighted by Crippen LogP contribution is -2.31. The van der Waals surface area contributed by atoms with Crippen molar-refractivity contribution in [3.8, 4) is 0 Å². The molecule has 1 unspecified atom stereocenters. The minimum Gasteiger partial charge on any atom is -0.481 e. The Labute approximate surface area is 108 Å². The molecule has 0 amide bonds. The Balaban J connectivity index is 2.08. The third kappa shape index (κ3) is 2.91. The number of carboxylic acid groups (broad SMARTS) is 1. The molecule has 1 N–H and O–H groups in total. The van der Waals surface area contributed by atoms with E-state index in [-0.39, 0.29) is 12.5 Å². The molecule has 1 heterocycles. The van der Waals surface area contributed by atoms with Gasteiger partial charge in [-0.1, -0.05) is 18.2 Å². The van der Waals surface area contributed by atoms with E-state index >= 15 is 0 Å². The van der Waals surface area contributed by atoms with E-state index in [1.165, 1.54) is 16.7 Å². The summed E-state index contributed by atoms with van der Waals surface area (Å²) in [6.07, 6.45) is 2.39. The van der Waals surface area contributed by atoms with Gasteiger partial charge in [0.25, 0.3) is 0 Å². The van der Waals surface area contributed by atoms with E-state index in [1.807, 2.05) is 0 Å². The molecule has 3 heteroatoms. The van der Waals surface area contributed by atoms with Crippen molar-refractivity contribution in [2.45, 2.75) is 45.7 Å². The van der Waals surface area contributed by atoms with Crippen LogP contribution >= 0.6 is 0 Å². The van der Waals surface area contributed by atoms with Crippen LogP contribution in [0, 0.1) is 13.8 Å². The van der Waals surface area contributed by atoms with Crippen LogP contribution in [0.2, 0.25) is 0 Å². The number of carbonyl (C=O) groups is 1. The summed E-state index contributed by atoms with van der Waals surface area (Å²) in [6.45, 7) is 6.17. The van der Waals surface area contributed by atoms with Crippen molar-refractivity contribution < 1.29 is 9.90 Å². The molecule has 1 aliphatic heterocycles. The topological polar surface area (TPSA) is 40.5 Å². The second-order valence-corrected chi connectivity index (χ2v) is 5.22. The number of aryl methyl sites for hydroxylation is 1. The monoisotopic (exact) mass is 247 g/mol. The smallest absolute Gasteiger partial charge is 0.304 e. The first kappa shape index (κ1) is 13.1. The van der Waals surface area contributed by atoms with Crippen molar-refractivity contribution in [1.82, 2.24) is 4.90 Å². The third-order valence-electron chi connectivity index (χ3n) is 4.00. The molecule has 0 saturated carbocycles. The molecule has 1 atom stereocenters. The number of aliphatic carboxylic acids is 1. The number of hydrogen-bond donors (Lipinski definition) is 1. The number of benzene rings is 1. The number of rotatable bonds is 4. The second kappa shape index (κ2) is 5.53. The maximum absolute atomic E-state index is 10.8. The van der Waals surface area contributed by atoms with E-state index in [0.29, 0.717) is 0 Å². The summed E-state index contributed by atoms with van der Waals surface area (Å²) in [6, 6.07) is 6.57. The Bertz CT molecular complexity index is 442. The molecule has 0 bridgehead atoms. The van der Waals surface area contributed by atoms with Gasteiger partial charge in [-0.3, -0.25) is 9.69 Å². The van der Waals surface area contributed by atoms with Gasteiger partial charge in [0, 0.05) is 12.6 Å². The van der Waals surface area contributed by atoms with Gasteiger partial charge in [-0.05, 0) is 49.9 Å². The number of hydrogen-bond acceptors (Lipinski definition) is 2. The molecule has 2 rings (SSSR count). The Hall–Kier alpha value is -1.35. The van der Waals surface area contributed by atoms with E-state index in [0.717, 1.165) is 25.9 Å². The summed E-state index contributed by atoms with van der Waals surface area (Å²) in [4.78, 5) is 13.2. The van der Waals surface area contributed by atoms with Crippen molar-refractivity contribution in [3.63, 3.8) is 0 Å². The molecule has 0 spiro atoms. The average Bonchev–Trinajstić information content (AvgIpc) is 2.72. The SMILES string of the molecule is Cc1cccc(CN2CCCC2CC(=O)O)c1C. The Morgan fingerprint density at radius 3 is 2.94 bits per heavy atom. The number of nitrogens with zero attached hydrogens (tertiary/aromatic N) is 1. The van der Waals surface area contributed by atoms with Gasteiger partial charge in [0.1, 0.15) is 0 Å². The van der Waals surface area contributed by atoms with Gasteiger partial charge in [-0.2, -0.15) is 0 Å². The molecule has 3 nitrogen and oxygen atoms in total. The molecule has 1 saturated heterocycles. The molecule has 1 fully saturated rings. The van der Waals surface area contributed by atoms with E-state index < -0.39 is 5.97 Å². The molecule has 0 aromatic heterocycles. The first-order valence-corrected chi connectivity index (χ1v) is 6.59. The molecule has 18 heavy (non-hydrogen) atoms. The van der Waals surface area contributed by atoms with Crippen LogP contribution in [-0.2, 0) is 11.3 Å². The highest BCUT2D eigenvalue weighted by atomic mass is 16.4. The van der Waals surface area contributed by atoms with Crippen LogP contribution in [0.25, 0.3) is 0 Å². The summed E-state index contributed by atoms with van der Waals surface area (Å²) < 4.78 is 0. The fourth-order valence-electron chi connectivity index (χ4n) is 2.74. The van der Waals surface area contributed by atoms with E-state index in [1.54, 1.807) is 0 Å². The predicted molar refractivity (Wildman–Crippen MR) is 71.6 cm³/mol. The van der Waals surface area contributed by atoms with Gasteiger partial charge >= 0.3 is 5.97 Å². The van der Waals surface area contributed by atoms with Gasteiger partial charge in [-0.15, -0.1) is 0 Å². The molecule has 0 aliphatic carbocycles. The Morgan fingerprint density at radius 1 is 1.44 bits per heavy atom. The van der Waals surface area contributed by atoms with Crippen LogP contribution in [0.3, 0.4) is 0 Å². The standard InChI is InChI=1S/C15H21NO2/c1-11-5-3-6-13(12(11)2)10-16-8-4-7-14(16)9-15(17)18/h3,5-6,14H,4,7-10H2,1-2H3,(H,17,18). The molecule has 1 aromatic carbocycles. The van der Waals surface area contributed by atoms with Crippen molar-refractivity contribution in [2.75, 3.05) is 6.54 Å². The average molecular weight is 247 g/mol. The number of carboxylic acids is 1. The summed E-state index contributed by atoms with van der Waals surface area (Å²) in [7, 11) is 0. The van der Waals surface area contributed by atoms with Gasteiger partial charge in [0.2, 0.25) is 0 Å². The second-order valence-electron chi connectivity index (χ2n) is 5.22. The number of likely N-dealkylation sites (tertiary alicyclic amines) is 1. The highest BCUT2D eigenvalue weighted by Gasteiger charge is 2.26. The molecular weight excluding hydrogens is 226 g/mol. The van der Waals surface area contributed by atoms with Crippen LogP contribution in [0.4, 0.5) is 0 Å². The van der Waals surface area contributed by atoms with Crippen molar-refractivity contribution in [1.29, 1.82) is 0 Å². The zero-order valence-electron chi connectivity index (χ0n) is 11.1. The predicted octanol–water partition coefficient (Wildman–Crippen LogP) is 2.74. The van der Waals surface area contributed by atoms with Crippen LogP contribution in [0.15, 0.2) is 18.2 Å². The molecule has 0 radical (unpaired) electrons. The first-order chi connectivity index (χ1) is 8.58. The third-order valence-corrected chi connectivity index (χ3v) is 4.00. The minimum absolute atomic E-state index is 0.211. The normalized spacial score (nSPS) is 20.2. The molecule has 98 valence electrons. The fourth-order valence-corrected chi connectivity index (χ4v) is 2.74. The lowest BCUT2D eigenvalue weighted by atomic mass is 10.0. The van der Waals surface area contributed by atoms with Crippen molar-refractivity contribution in [2.24, 2.45) is 0 Å². The highest BCUT2D eigenvalue weighted by Crippen LogP contribution is 2.24. The minimum atomic E-state index is -0.687. The fraction of sp³-hybridized carbons (Fsp3) is 0.533. The molecule has 1 aliphatic rings. The van der Waals surface area contributed by atoms with E-state index in [4.69, 9.17) is 5.11 Å². The summed E-state index contributed by atoms with van der Waals surface area (Å²) in [5.74, 6) is -0.687. The highest BCUT2D eigenvalue weighted by molar-refractivity contribution is 5.67. The quantitative estimate of drug-likeness (QED) is 0.889. The first-order valence-electron chi connectivity index (χ1n) is 6.59. The van der Waals surface area contributed by atoms with Crippen LogP contribution in [0.5, 0.6) is 0 Å². The van der Waals surface area contributed by atoms with Gasteiger partial charge in [-0.25, -0.2) is 0 Å². The van der Waals surface area contributed by atoms with Gasteiger partial charge < -0.3 is 5.11 Å².